The third-order valence-electron chi connectivity index (χ3n) is 2.51. The average molecular weight is 216 g/mol. The first kappa shape index (κ1) is 11.6. The second-order valence-corrected chi connectivity index (χ2v) is 3.65. The summed E-state index contributed by atoms with van der Waals surface area (Å²) in [6.45, 7) is 0. The minimum absolute atomic E-state index is 0.00282. The summed E-state index contributed by atoms with van der Waals surface area (Å²) in [7, 11) is 1.31. The van der Waals surface area contributed by atoms with Crippen molar-refractivity contribution in [3.63, 3.8) is 0 Å². The topological polar surface area (TPSA) is 87.7 Å². The van der Waals surface area contributed by atoms with Gasteiger partial charge in [-0.3, -0.25) is 0 Å². The number of methoxy groups -OCH3 is 1. The predicted octanol–water partition coefficient (Wildman–Crippen LogP) is 0.921. The fourth-order valence-corrected chi connectivity index (χ4v) is 1.85. The molecule has 0 aromatic heterocycles. The van der Waals surface area contributed by atoms with Crippen LogP contribution in [0.15, 0.2) is 0 Å². The number of amides is 2. The second-order valence-electron chi connectivity index (χ2n) is 3.65. The number of carboxylic acid groups (broad SMARTS) is 1. The standard InChI is InChI=1S/C9H16N2O4/c1-15-9(14)11-7-4-2-3-6(5-7)10-8(12)13/h6-7,10H,2-5H2,1H3,(H,11,14)(H,12,13). The molecule has 0 saturated heterocycles. The number of ether oxygens (including phenoxy) is 1. The first-order valence-electron chi connectivity index (χ1n) is 4.95. The fraction of sp³-hybridized carbons (Fsp3) is 0.778. The maximum Gasteiger partial charge on any atom is 0.407 e. The van der Waals surface area contributed by atoms with Gasteiger partial charge in [0.2, 0.25) is 0 Å². The summed E-state index contributed by atoms with van der Waals surface area (Å²) in [5, 5.41) is 13.7. The Balaban J connectivity index is 2.35. The summed E-state index contributed by atoms with van der Waals surface area (Å²) in [4.78, 5) is 21.4. The van der Waals surface area contributed by atoms with Gasteiger partial charge < -0.3 is 20.5 Å². The molecule has 1 rings (SSSR count). The van der Waals surface area contributed by atoms with Crippen molar-refractivity contribution >= 4 is 12.2 Å². The molecule has 1 saturated carbocycles. The smallest absolute Gasteiger partial charge is 0.407 e. The number of rotatable bonds is 2. The molecule has 0 bridgehead atoms. The minimum atomic E-state index is -1.02. The zero-order valence-corrected chi connectivity index (χ0v) is 8.66. The lowest BCUT2D eigenvalue weighted by atomic mass is 9.91. The van der Waals surface area contributed by atoms with Crippen LogP contribution in [0, 0.1) is 0 Å². The maximum absolute atomic E-state index is 10.9. The van der Waals surface area contributed by atoms with Crippen LogP contribution in [0.4, 0.5) is 9.59 Å². The number of hydrogen-bond acceptors (Lipinski definition) is 3. The van der Waals surface area contributed by atoms with Gasteiger partial charge in [-0.1, -0.05) is 0 Å². The Kier molecular flexibility index (Phi) is 4.20. The molecular weight excluding hydrogens is 200 g/mol. The van der Waals surface area contributed by atoms with Crippen molar-refractivity contribution < 1.29 is 19.4 Å². The van der Waals surface area contributed by atoms with Crippen LogP contribution in [0.3, 0.4) is 0 Å². The number of hydrogen-bond donors (Lipinski definition) is 3. The van der Waals surface area contributed by atoms with Gasteiger partial charge in [-0.25, -0.2) is 9.59 Å². The molecular formula is C9H16N2O4. The van der Waals surface area contributed by atoms with Crippen LogP contribution in [0.5, 0.6) is 0 Å². The van der Waals surface area contributed by atoms with Crippen LogP contribution in [-0.4, -0.2) is 36.5 Å². The Morgan fingerprint density at radius 1 is 1.27 bits per heavy atom. The average Bonchev–Trinajstić information content (AvgIpc) is 2.17. The summed E-state index contributed by atoms with van der Waals surface area (Å²) in [6, 6.07) is -0.0681. The van der Waals surface area contributed by atoms with Gasteiger partial charge in [0.15, 0.2) is 0 Å². The first-order chi connectivity index (χ1) is 7.11. The number of nitrogens with one attached hydrogen (secondary N) is 2. The van der Waals surface area contributed by atoms with Crippen molar-refractivity contribution in [2.24, 2.45) is 0 Å². The molecule has 1 fully saturated rings. The first-order valence-corrected chi connectivity index (χ1v) is 4.95. The molecule has 0 aliphatic heterocycles. The number of alkyl carbamates (subject to hydrolysis) is 1. The van der Waals surface area contributed by atoms with E-state index in [9.17, 15) is 9.59 Å². The van der Waals surface area contributed by atoms with Gasteiger partial charge in [0.25, 0.3) is 0 Å². The molecule has 2 amide bonds. The highest BCUT2D eigenvalue weighted by Gasteiger charge is 2.24. The second kappa shape index (κ2) is 5.43. The molecule has 15 heavy (non-hydrogen) atoms. The summed E-state index contributed by atoms with van der Waals surface area (Å²) < 4.78 is 4.48. The summed E-state index contributed by atoms with van der Waals surface area (Å²) >= 11 is 0. The molecule has 0 aromatic rings. The summed E-state index contributed by atoms with van der Waals surface area (Å²) in [5.74, 6) is 0. The summed E-state index contributed by atoms with van der Waals surface area (Å²) in [6.07, 6.45) is 1.74. The quantitative estimate of drug-likeness (QED) is 0.640. The number of carbonyl (C=O) groups is 2. The van der Waals surface area contributed by atoms with E-state index in [4.69, 9.17) is 5.11 Å². The highest BCUT2D eigenvalue weighted by Crippen LogP contribution is 2.18. The lowest BCUT2D eigenvalue weighted by Gasteiger charge is -2.29. The monoisotopic (exact) mass is 216 g/mol. The lowest BCUT2D eigenvalue weighted by Crippen LogP contribution is -2.45. The van der Waals surface area contributed by atoms with E-state index in [1.807, 2.05) is 0 Å². The SMILES string of the molecule is COC(=O)NC1CCCC(NC(=O)O)C1. The van der Waals surface area contributed by atoms with Gasteiger partial charge >= 0.3 is 12.2 Å². The van der Waals surface area contributed by atoms with Crippen LogP contribution >= 0.6 is 0 Å². The Hall–Kier alpha value is -1.46. The van der Waals surface area contributed by atoms with Gasteiger partial charge in [0.05, 0.1) is 7.11 Å². The van der Waals surface area contributed by atoms with Crippen LogP contribution < -0.4 is 10.6 Å². The highest BCUT2D eigenvalue weighted by atomic mass is 16.5. The van der Waals surface area contributed by atoms with Crippen molar-refractivity contribution in [2.75, 3.05) is 7.11 Å². The van der Waals surface area contributed by atoms with Crippen molar-refractivity contribution in [3.8, 4) is 0 Å². The minimum Gasteiger partial charge on any atom is -0.465 e. The van der Waals surface area contributed by atoms with Gasteiger partial charge in [0.1, 0.15) is 0 Å². The van der Waals surface area contributed by atoms with E-state index in [0.717, 1.165) is 19.3 Å². The van der Waals surface area contributed by atoms with Crippen LogP contribution in [0.2, 0.25) is 0 Å². The predicted molar refractivity (Wildman–Crippen MR) is 52.7 cm³/mol. The summed E-state index contributed by atoms with van der Waals surface area (Å²) in [5.41, 5.74) is 0. The molecule has 3 N–H and O–H groups in total. The van der Waals surface area contributed by atoms with Crippen molar-refractivity contribution in [1.29, 1.82) is 0 Å². The maximum atomic E-state index is 10.9. The largest absolute Gasteiger partial charge is 0.465 e. The van der Waals surface area contributed by atoms with Crippen LogP contribution in [0.1, 0.15) is 25.7 Å². The van der Waals surface area contributed by atoms with Crippen molar-refractivity contribution in [1.82, 2.24) is 10.6 Å². The third kappa shape index (κ3) is 4.05. The zero-order chi connectivity index (χ0) is 11.3. The molecule has 86 valence electrons. The molecule has 6 heteroatoms. The molecule has 0 aromatic carbocycles. The third-order valence-corrected chi connectivity index (χ3v) is 2.51. The normalized spacial score (nSPS) is 25.4. The van der Waals surface area contributed by atoms with Crippen molar-refractivity contribution in [3.05, 3.63) is 0 Å². The highest BCUT2D eigenvalue weighted by molar-refractivity contribution is 5.67. The molecule has 0 spiro atoms. The van der Waals surface area contributed by atoms with Gasteiger partial charge in [-0.2, -0.15) is 0 Å². The van der Waals surface area contributed by atoms with Gasteiger partial charge in [-0.15, -0.1) is 0 Å². The molecule has 0 heterocycles. The van der Waals surface area contributed by atoms with E-state index in [2.05, 4.69) is 15.4 Å². The molecule has 2 unspecified atom stereocenters. The Morgan fingerprint density at radius 3 is 2.40 bits per heavy atom. The van der Waals surface area contributed by atoms with Crippen molar-refractivity contribution in [2.45, 2.75) is 37.8 Å². The Morgan fingerprint density at radius 2 is 1.87 bits per heavy atom. The fourth-order valence-electron chi connectivity index (χ4n) is 1.85. The van der Waals surface area contributed by atoms with Gasteiger partial charge in [0, 0.05) is 12.1 Å². The van der Waals surface area contributed by atoms with Crippen LogP contribution in [0.25, 0.3) is 0 Å². The molecule has 6 nitrogen and oxygen atoms in total. The van der Waals surface area contributed by atoms with E-state index in [0.29, 0.717) is 6.42 Å². The number of carbonyl (C=O) groups excluding carboxylic acids is 1. The van der Waals surface area contributed by atoms with E-state index in [-0.39, 0.29) is 12.1 Å². The van der Waals surface area contributed by atoms with E-state index in [1.54, 1.807) is 0 Å². The molecule has 1 aliphatic carbocycles. The Labute approximate surface area is 88.0 Å². The van der Waals surface area contributed by atoms with E-state index < -0.39 is 12.2 Å². The molecule has 0 radical (unpaired) electrons. The Bertz CT molecular complexity index is 244. The van der Waals surface area contributed by atoms with E-state index >= 15 is 0 Å². The van der Waals surface area contributed by atoms with Crippen LogP contribution in [-0.2, 0) is 4.74 Å². The zero-order valence-electron chi connectivity index (χ0n) is 8.66. The molecule has 1 aliphatic rings. The van der Waals surface area contributed by atoms with Gasteiger partial charge in [-0.05, 0) is 25.7 Å². The molecule has 2 atom stereocenters. The van der Waals surface area contributed by atoms with E-state index in [1.165, 1.54) is 7.11 Å². The lowest BCUT2D eigenvalue weighted by molar-refractivity contribution is 0.159.